The topological polar surface area (TPSA) is 96.9 Å². The molecule has 2 aromatic heterocycles. The van der Waals surface area contributed by atoms with Crippen LogP contribution in [0.15, 0.2) is 48.1 Å². The van der Waals surface area contributed by atoms with Crippen LogP contribution in [0.1, 0.15) is 74.8 Å². The number of pyridine rings is 1. The van der Waals surface area contributed by atoms with E-state index >= 15 is 0 Å². The van der Waals surface area contributed by atoms with Crippen molar-refractivity contribution in [1.82, 2.24) is 24.6 Å². The molecule has 8 rings (SSSR count). The maximum Gasteiger partial charge on any atom is 0.248 e. The van der Waals surface area contributed by atoms with Crippen LogP contribution in [0.25, 0.3) is 5.82 Å². The van der Waals surface area contributed by atoms with E-state index in [1.807, 2.05) is 0 Å². The molecule has 8 nitrogen and oxygen atoms in total. The predicted molar refractivity (Wildman–Crippen MR) is 166 cm³/mol. The maximum absolute atomic E-state index is 6.47. The molecule has 4 aliphatic carbocycles. The molecule has 214 valence electrons. The summed E-state index contributed by atoms with van der Waals surface area (Å²) in [7, 11) is 0. The van der Waals surface area contributed by atoms with Gasteiger partial charge in [-0.15, -0.1) is 5.10 Å². The van der Waals surface area contributed by atoms with Crippen LogP contribution in [0, 0.1) is 0 Å². The zero-order chi connectivity index (χ0) is 28.0. The number of nitrogen functional groups attached to an aromatic ring is 1. The SMILES string of the molecule is CCN(CC)[C@H]1CCc2ccc(Nc3nc(N)n(-c4cc(C56C=CC(=CC5)CC6)c5c(n4)CCCN5)n3)cc2CC1. The Hall–Kier alpha value is -3.65. The third kappa shape index (κ3) is 4.82. The standard InChI is InChI=1S/C33H42N8/c1-3-40(4-2)26-11-8-23-7-10-25(20-24(23)9-12-26)36-32-38-31(34)41(39-32)29-21-27(30-28(37-29)6-5-19-35-30)33-16-13-22(14-17-33)15-18-33/h7,10,13-14,16,20-21,26,35H,3-6,8-9,11-12,15,17-19H2,1-2H3,(H3,34,36,38,39)/t26-,33?/m0/s1. The van der Waals surface area contributed by atoms with Gasteiger partial charge >= 0.3 is 0 Å². The van der Waals surface area contributed by atoms with Crippen molar-refractivity contribution in [3.63, 3.8) is 0 Å². The number of aryl methyl sites for hydroxylation is 3. The average molecular weight is 551 g/mol. The molecule has 0 fully saturated rings. The van der Waals surface area contributed by atoms with Crippen molar-refractivity contribution >= 4 is 23.3 Å². The van der Waals surface area contributed by atoms with Gasteiger partial charge in [-0.05, 0) is 106 Å². The summed E-state index contributed by atoms with van der Waals surface area (Å²) in [4.78, 5) is 12.3. The van der Waals surface area contributed by atoms with Crippen molar-refractivity contribution in [2.75, 3.05) is 36.0 Å². The monoisotopic (exact) mass is 550 g/mol. The summed E-state index contributed by atoms with van der Waals surface area (Å²) in [6, 6.07) is 9.54. The first-order valence-corrected chi connectivity index (χ1v) is 15.6. The molecule has 4 N–H and O–H groups in total. The minimum atomic E-state index is -0.00354. The van der Waals surface area contributed by atoms with Gasteiger partial charge < -0.3 is 21.3 Å². The lowest BCUT2D eigenvalue weighted by Gasteiger charge is -2.40. The number of nitrogens with zero attached hydrogens (tertiary/aromatic N) is 5. The van der Waals surface area contributed by atoms with E-state index in [0.29, 0.717) is 17.9 Å². The normalized spacial score (nSPS) is 23.0. The smallest absolute Gasteiger partial charge is 0.248 e. The van der Waals surface area contributed by atoms with Crippen molar-refractivity contribution < 1.29 is 0 Å². The van der Waals surface area contributed by atoms with E-state index in [9.17, 15) is 0 Å². The third-order valence-electron chi connectivity index (χ3n) is 9.85. The molecule has 2 bridgehead atoms. The minimum Gasteiger partial charge on any atom is -0.383 e. The zero-order valence-corrected chi connectivity index (χ0v) is 24.4. The highest BCUT2D eigenvalue weighted by Crippen LogP contribution is 2.48. The minimum absolute atomic E-state index is 0.00354. The largest absolute Gasteiger partial charge is 0.383 e. The highest BCUT2D eigenvalue weighted by Gasteiger charge is 2.38. The van der Waals surface area contributed by atoms with Gasteiger partial charge in [-0.25, -0.2) is 4.98 Å². The first-order chi connectivity index (χ1) is 20.0. The van der Waals surface area contributed by atoms with Gasteiger partial charge in [-0.1, -0.05) is 43.7 Å². The van der Waals surface area contributed by atoms with Crippen LogP contribution in [0.4, 0.5) is 23.3 Å². The van der Waals surface area contributed by atoms with Crippen LogP contribution in [0.3, 0.4) is 0 Å². The number of hydrogen-bond acceptors (Lipinski definition) is 7. The van der Waals surface area contributed by atoms with Crippen LogP contribution in [0.2, 0.25) is 0 Å². The molecular weight excluding hydrogens is 508 g/mol. The molecule has 1 unspecified atom stereocenters. The van der Waals surface area contributed by atoms with Crippen molar-refractivity contribution in [2.45, 2.75) is 83.1 Å². The van der Waals surface area contributed by atoms with Gasteiger partial charge in [-0.3, -0.25) is 0 Å². The zero-order valence-electron chi connectivity index (χ0n) is 24.4. The summed E-state index contributed by atoms with van der Waals surface area (Å²) < 4.78 is 1.70. The van der Waals surface area contributed by atoms with Gasteiger partial charge in [0.05, 0.1) is 11.4 Å². The molecule has 1 aromatic carbocycles. The fourth-order valence-corrected chi connectivity index (χ4v) is 7.47. The molecule has 3 heterocycles. The molecular formula is C33H42N8. The molecule has 5 aliphatic rings. The first-order valence-electron chi connectivity index (χ1n) is 15.6. The number of allylic oxidation sites excluding steroid dienone is 4. The summed E-state index contributed by atoms with van der Waals surface area (Å²) in [6.07, 6.45) is 17.1. The van der Waals surface area contributed by atoms with E-state index in [2.05, 4.69) is 76.9 Å². The van der Waals surface area contributed by atoms with Crippen molar-refractivity contribution in [1.29, 1.82) is 0 Å². The molecule has 0 saturated carbocycles. The molecule has 0 spiro atoms. The lowest BCUT2D eigenvalue weighted by atomic mass is 9.65. The van der Waals surface area contributed by atoms with Gasteiger partial charge in [-0.2, -0.15) is 9.67 Å². The Morgan fingerprint density at radius 1 is 1.07 bits per heavy atom. The lowest BCUT2D eigenvalue weighted by Crippen LogP contribution is -2.35. The molecule has 8 heteroatoms. The summed E-state index contributed by atoms with van der Waals surface area (Å²) in [5.41, 5.74) is 15.4. The Balaban J connectivity index is 1.16. The van der Waals surface area contributed by atoms with E-state index in [1.54, 1.807) is 4.68 Å². The quantitative estimate of drug-likeness (QED) is 0.317. The number of anilines is 4. The summed E-state index contributed by atoms with van der Waals surface area (Å²) in [5.74, 6) is 1.58. The average Bonchev–Trinajstić information content (AvgIpc) is 3.25. The second-order valence-electron chi connectivity index (χ2n) is 12.1. The Bertz CT molecular complexity index is 1510. The van der Waals surface area contributed by atoms with E-state index in [4.69, 9.17) is 15.8 Å². The number of nitrogens with two attached hydrogens (primary N) is 1. The van der Waals surface area contributed by atoms with Gasteiger partial charge in [0.15, 0.2) is 5.82 Å². The number of fused-ring (bicyclic) bond motifs is 4. The Morgan fingerprint density at radius 3 is 2.68 bits per heavy atom. The summed E-state index contributed by atoms with van der Waals surface area (Å²) in [6.45, 7) is 7.76. The second kappa shape index (κ2) is 10.6. The number of benzene rings is 1. The fourth-order valence-electron chi connectivity index (χ4n) is 7.47. The molecule has 3 aromatic rings. The summed E-state index contributed by atoms with van der Waals surface area (Å²) in [5, 5.41) is 11.9. The molecule has 0 radical (unpaired) electrons. The third-order valence-corrected chi connectivity index (χ3v) is 9.85. The van der Waals surface area contributed by atoms with E-state index < -0.39 is 0 Å². The Kier molecular flexibility index (Phi) is 6.81. The Labute approximate surface area is 243 Å². The maximum atomic E-state index is 6.47. The van der Waals surface area contributed by atoms with Crippen LogP contribution in [-0.2, 0) is 24.7 Å². The molecule has 0 amide bonds. The van der Waals surface area contributed by atoms with Crippen molar-refractivity contribution in [3.8, 4) is 5.82 Å². The summed E-state index contributed by atoms with van der Waals surface area (Å²) >= 11 is 0. The van der Waals surface area contributed by atoms with E-state index in [-0.39, 0.29) is 5.41 Å². The van der Waals surface area contributed by atoms with E-state index in [1.165, 1.54) is 40.8 Å². The fraction of sp³-hybridized carbons (Fsp3) is 0.485. The van der Waals surface area contributed by atoms with Gasteiger partial charge in [0, 0.05) is 23.7 Å². The van der Waals surface area contributed by atoms with Crippen LogP contribution >= 0.6 is 0 Å². The van der Waals surface area contributed by atoms with E-state index in [0.717, 1.165) is 81.8 Å². The van der Waals surface area contributed by atoms with Gasteiger partial charge in [0.1, 0.15) is 0 Å². The highest BCUT2D eigenvalue weighted by molar-refractivity contribution is 5.65. The number of hydrogen-bond donors (Lipinski definition) is 3. The van der Waals surface area contributed by atoms with Gasteiger partial charge in [0.25, 0.3) is 0 Å². The number of nitrogens with one attached hydrogen (secondary N) is 2. The second-order valence-corrected chi connectivity index (χ2v) is 12.1. The van der Waals surface area contributed by atoms with Crippen LogP contribution in [-0.4, -0.2) is 50.3 Å². The molecule has 2 atom stereocenters. The number of aromatic nitrogens is 4. The predicted octanol–water partition coefficient (Wildman–Crippen LogP) is 5.85. The molecule has 0 saturated heterocycles. The Morgan fingerprint density at radius 2 is 1.93 bits per heavy atom. The van der Waals surface area contributed by atoms with Gasteiger partial charge in [0.2, 0.25) is 11.9 Å². The molecule has 41 heavy (non-hydrogen) atoms. The first kappa shape index (κ1) is 26.3. The van der Waals surface area contributed by atoms with Crippen LogP contribution in [0.5, 0.6) is 0 Å². The lowest BCUT2D eigenvalue weighted by molar-refractivity contribution is 0.199. The molecule has 1 aliphatic heterocycles. The van der Waals surface area contributed by atoms with Crippen LogP contribution < -0.4 is 16.4 Å². The highest BCUT2D eigenvalue weighted by atomic mass is 15.4. The van der Waals surface area contributed by atoms with Crippen molar-refractivity contribution in [3.05, 3.63) is 70.5 Å². The van der Waals surface area contributed by atoms with Crippen molar-refractivity contribution in [2.24, 2.45) is 0 Å². The number of rotatable bonds is 7.